The van der Waals surface area contributed by atoms with Crippen LogP contribution in [0.1, 0.15) is 25.6 Å². The van der Waals surface area contributed by atoms with Crippen LogP contribution >= 0.6 is 0 Å². The molecule has 0 atom stereocenters. The lowest BCUT2D eigenvalue weighted by molar-refractivity contribution is -0.137. The van der Waals surface area contributed by atoms with Crippen LogP contribution in [-0.4, -0.2) is 51.8 Å². The number of hydrogen-bond donors (Lipinski definition) is 2. The van der Waals surface area contributed by atoms with Crippen LogP contribution in [0.2, 0.25) is 0 Å². The number of amides is 2. The lowest BCUT2D eigenvalue weighted by atomic mass is 10.2. The van der Waals surface area contributed by atoms with Gasteiger partial charge in [0.05, 0.1) is 0 Å². The molecule has 2 amide bonds. The van der Waals surface area contributed by atoms with Crippen molar-refractivity contribution < 1.29 is 19.2 Å². The van der Waals surface area contributed by atoms with Crippen molar-refractivity contribution >= 4 is 12.0 Å². The topological polar surface area (TPSA) is 109 Å². The molecule has 0 aromatic carbocycles. The number of carboxylic acids is 1. The highest BCUT2D eigenvalue weighted by Gasteiger charge is 2.17. The second-order valence-electron chi connectivity index (χ2n) is 4.88. The van der Waals surface area contributed by atoms with E-state index in [4.69, 9.17) is 9.63 Å². The third-order valence-corrected chi connectivity index (χ3v) is 2.39. The molecule has 0 fully saturated rings. The molecule has 1 heterocycles. The molecule has 0 aliphatic heterocycles. The Balaban J connectivity index is 2.42. The fourth-order valence-corrected chi connectivity index (χ4v) is 1.66. The van der Waals surface area contributed by atoms with E-state index in [9.17, 15) is 9.59 Å². The molecule has 1 rings (SSSR count). The molecule has 0 unspecified atom stereocenters. The first-order valence-electron chi connectivity index (χ1n) is 6.42. The number of rotatable bonds is 7. The Labute approximate surface area is 117 Å². The SMILES string of the molecule is Cc1nc(CCNC(=O)N(CC(=O)O)CC(C)C)no1. The molecule has 0 saturated carbocycles. The summed E-state index contributed by atoms with van der Waals surface area (Å²) in [6.45, 7) is 5.93. The van der Waals surface area contributed by atoms with Crippen molar-refractivity contribution in [1.82, 2.24) is 20.4 Å². The summed E-state index contributed by atoms with van der Waals surface area (Å²) in [7, 11) is 0. The van der Waals surface area contributed by atoms with Gasteiger partial charge >= 0.3 is 12.0 Å². The number of carbonyl (C=O) groups excluding carboxylic acids is 1. The normalized spacial score (nSPS) is 10.6. The summed E-state index contributed by atoms with van der Waals surface area (Å²) in [5.74, 6) is 0.143. The summed E-state index contributed by atoms with van der Waals surface area (Å²) in [5, 5.41) is 15.2. The van der Waals surface area contributed by atoms with Crippen molar-refractivity contribution in [2.24, 2.45) is 5.92 Å². The Morgan fingerprint density at radius 3 is 2.65 bits per heavy atom. The van der Waals surface area contributed by atoms with Gasteiger partial charge in [0.2, 0.25) is 5.89 Å². The number of nitrogens with one attached hydrogen (secondary N) is 1. The molecule has 20 heavy (non-hydrogen) atoms. The van der Waals surface area contributed by atoms with Crippen molar-refractivity contribution in [3.63, 3.8) is 0 Å². The van der Waals surface area contributed by atoms with Gasteiger partial charge in [-0.2, -0.15) is 4.98 Å². The molecule has 0 aliphatic carbocycles. The maximum atomic E-state index is 11.9. The molecule has 2 N–H and O–H groups in total. The first-order chi connectivity index (χ1) is 9.38. The molecule has 112 valence electrons. The minimum atomic E-state index is -1.03. The number of carboxylic acid groups (broad SMARTS) is 1. The number of aliphatic carboxylic acids is 1. The van der Waals surface area contributed by atoms with E-state index in [-0.39, 0.29) is 12.5 Å². The standard InChI is InChI=1S/C12H20N4O4/c1-8(2)6-16(7-11(17)18)12(19)13-5-4-10-14-9(3)20-15-10/h8H,4-7H2,1-3H3,(H,13,19)(H,17,18). The molecule has 0 saturated heterocycles. The van der Waals surface area contributed by atoms with Crippen molar-refractivity contribution in [3.8, 4) is 0 Å². The number of aryl methyl sites for hydroxylation is 1. The van der Waals surface area contributed by atoms with E-state index in [0.717, 1.165) is 0 Å². The Hall–Kier alpha value is -2.12. The van der Waals surface area contributed by atoms with Gasteiger partial charge in [0.15, 0.2) is 5.82 Å². The second kappa shape index (κ2) is 7.46. The lowest BCUT2D eigenvalue weighted by Gasteiger charge is -2.22. The van der Waals surface area contributed by atoms with Crippen LogP contribution in [0.3, 0.4) is 0 Å². The fraction of sp³-hybridized carbons (Fsp3) is 0.667. The predicted molar refractivity (Wildman–Crippen MR) is 70.2 cm³/mol. The van der Waals surface area contributed by atoms with Gasteiger partial charge in [-0.3, -0.25) is 4.79 Å². The fourth-order valence-electron chi connectivity index (χ4n) is 1.66. The predicted octanol–water partition coefficient (Wildman–Crippen LogP) is 0.673. The van der Waals surface area contributed by atoms with E-state index < -0.39 is 12.0 Å². The van der Waals surface area contributed by atoms with Gasteiger partial charge in [-0.25, -0.2) is 4.79 Å². The summed E-state index contributed by atoms with van der Waals surface area (Å²) in [6, 6.07) is -0.402. The number of urea groups is 1. The van der Waals surface area contributed by atoms with Crippen LogP contribution in [0.15, 0.2) is 4.52 Å². The quantitative estimate of drug-likeness (QED) is 0.762. The summed E-state index contributed by atoms with van der Waals surface area (Å²) in [4.78, 5) is 27.9. The van der Waals surface area contributed by atoms with E-state index in [1.54, 1.807) is 6.92 Å². The largest absolute Gasteiger partial charge is 0.480 e. The maximum Gasteiger partial charge on any atom is 0.323 e. The molecule has 8 nitrogen and oxygen atoms in total. The lowest BCUT2D eigenvalue weighted by Crippen LogP contribution is -2.45. The van der Waals surface area contributed by atoms with E-state index in [2.05, 4.69) is 15.5 Å². The van der Waals surface area contributed by atoms with E-state index >= 15 is 0 Å². The Morgan fingerprint density at radius 1 is 1.45 bits per heavy atom. The number of nitrogens with zero attached hydrogens (tertiary/aromatic N) is 3. The van der Waals surface area contributed by atoms with Crippen LogP contribution < -0.4 is 5.32 Å². The summed E-state index contributed by atoms with van der Waals surface area (Å²) in [6.07, 6.45) is 0.436. The molecule has 8 heteroatoms. The van der Waals surface area contributed by atoms with Crippen LogP contribution in [0.4, 0.5) is 4.79 Å². The molecule has 0 aliphatic rings. The Kier molecular flexibility index (Phi) is 5.95. The van der Waals surface area contributed by atoms with Crippen molar-refractivity contribution in [2.75, 3.05) is 19.6 Å². The highest BCUT2D eigenvalue weighted by Crippen LogP contribution is 2.00. The minimum absolute atomic E-state index is 0.194. The Bertz CT molecular complexity index is 458. The zero-order chi connectivity index (χ0) is 15.1. The third kappa shape index (κ3) is 5.68. The third-order valence-electron chi connectivity index (χ3n) is 2.39. The number of carbonyl (C=O) groups is 2. The molecule has 1 aromatic rings. The van der Waals surface area contributed by atoms with Crippen LogP contribution in [-0.2, 0) is 11.2 Å². The Morgan fingerprint density at radius 2 is 2.15 bits per heavy atom. The maximum absolute atomic E-state index is 11.9. The molecule has 0 radical (unpaired) electrons. The molecular weight excluding hydrogens is 264 g/mol. The average Bonchev–Trinajstić information content (AvgIpc) is 2.73. The monoisotopic (exact) mass is 284 g/mol. The van der Waals surface area contributed by atoms with Gasteiger partial charge in [-0.15, -0.1) is 0 Å². The van der Waals surface area contributed by atoms with Crippen LogP contribution in [0.5, 0.6) is 0 Å². The van der Waals surface area contributed by atoms with Gasteiger partial charge in [-0.05, 0) is 5.92 Å². The summed E-state index contributed by atoms with van der Waals surface area (Å²) in [5.41, 5.74) is 0. The first kappa shape index (κ1) is 15.9. The minimum Gasteiger partial charge on any atom is -0.480 e. The zero-order valence-corrected chi connectivity index (χ0v) is 11.9. The average molecular weight is 284 g/mol. The van der Waals surface area contributed by atoms with Crippen molar-refractivity contribution in [3.05, 3.63) is 11.7 Å². The van der Waals surface area contributed by atoms with E-state index in [1.165, 1.54) is 4.90 Å². The van der Waals surface area contributed by atoms with Crippen molar-refractivity contribution in [1.29, 1.82) is 0 Å². The van der Waals surface area contributed by atoms with Gasteiger partial charge in [0.1, 0.15) is 6.54 Å². The molecule has 0 bridgehead atoms. The molecule has 1 aromatic heterocycles. The smallest absolute Gasteiger partial charge is 0.323 e. The second-order valence-corrected chi connectivity index (χ2v) is 4.88. The van der Waals surface area contributed by atoms with E-state index in [0.29, 0.717) is 31.2 Å². The highest BCUT2D eigenvalue weighted by atomic mass is 16.5. The van der Waals surface area contributed by atoms with Gasteiger partial charge in [-0.1, -0.05) is 19.0 Å². The van der Waals surface area contributed by atoms with Gasteiger partial charge < -0.3 is 19.8 Å². The summed E-state index contributed by atoms with van der Waals surface area (Å²) >= 11 is 0. The van der Waals surface area contributed by atoms with E-state index in [1.807, 2.05) is 13.8 Å². The van der Waals surface area contributed by atoms with Crippen LogP contribution in [0.25, 0.3) is 0 Å². The number of aromatic nitrogens is 2. The zero-order valence-electron chi connectivity index (χ0n) is 11.9. The van der Waals surface area contributed by atoms with Gasteiger partial charge in [0.25, 0.3) is 0 Å². The van der Waals surface area contributed by atoms with Crippen LogP contribution in [0, 0.1) is 12.8 Å². The highest BCUT2D eigenvalue weighted by molar-refractivity contribution is 5.80. The number of hydrogen-bond acceptors (Lipinski definition) is 5. The summed E-state index contributed by atoms with van der Waals surface area (Å²) < 4.78 is 4.81. The first-order valence-corrected chi connectivity index (χ1v) is 6.42. The molecule has 0 spiro atoms. The van der Waals surface area contributed by atoms with Gasteiger partial charge in [0, 0.05) is 26.4 Å². The molecular formula is C12H20N4O4. The van der Waals surface area contributed by atoms with Crippen molar-refractivity contribution in [2.45, 2.75) is 27.2 Å².